The number of hydrogen-bond acceptors (Lipinski definition) is 5. The van der Waals surface area contributed by atoms with Crippen molar-refractivity contribution in [1.29, 1.82) is 0 Å². The fraction of sp³-hybridized carbons (Fsp3) is 0.522. The van der Waals surface area contributed by atoms with Crippen molar-refractivity contribution in [3.05, 3.63) is 35.0 Å². The number of aliphatic imine (C=N–C) groups is 1. The van der Waals surface area contributed by atoms with Crippen molar-refractivity contribution in [2.75, 3.05) is 13.1 Å². The number of carbonyl (C=O) groups is 1. The van der Waals surface area contributed by atoms with Crippen LogP contribution in [0.1, 0.15) is 56.1 Å². The molecule has 2 aromatic rings. The molecule has 3 aliphatic rings. The standard InChI is InChI=1S/C23H26F3N5O3S/c24-23(25,26)17-13-19-18(27-14-28-19)12-16(17)6-11-35(33,34)31-9-7-22(8-10-31)21(32)29-20(30-22)15-4-2-1-3-5-15/h6,11-15H,1-5,7-10H2,(H,27,28)(H,29,30,32). The molecule has 1 aromatic heterocycles. The number of aromatic nitrogens is 2. The maximum absolute atomic E-state index is 13.6. The molecule has 8 nitrogen and oxygen atoms in total. The summed E-state index contributed by atoms with van der Waals surface area (Å²) in [6.07, 6.45) is 3.41. The van der Waals surface area contributed by atoms with E-state index in [1.165, 1.54) is 23.1 Å². The molecule has 1 saturated carbocycles. The van der Waals surface area contributed by atoms with Gasteiger partial charge in [0.15, 0.2) is 0 Å². The maximum atomic E-state index is 13.6. The number of amidine groups is 1. The highest BCUT2D eigenvalue weighted by Gasteiger charge is 2.48. The number of piperidine rings is 1. The Labute approximate surface area is 200 Å². The van der Waals surface area contributed by atoms with Gasteiger partial charge in [0.2, 0.25) is 10.0 Å². The Morgan fingerprint density at radius 3 is 2.51 bits per heavy atom. The van der Waals surface area contributed by atoms with E-state index < -0.39 is 27.3 Å². The number of alkyl halides is 3. The fourth-order valence-electron chi connectivity index (χ4n) is 5.19. The molecule has 1 aromatic carbocycles. The second-order valence-corrected chi connectivity index (χ2v) is 11.2. The molecule has 5 rings (SSSR count). The largest absolute Gasteiger partial charge is 0.417 e. The molecule has 35 heavy (non-hydrogen) atoms. The van der Waals surface area contributed by atoms with Crippen molar-refractivity contribution in [3.63, 3.8) is 0 Å². The van der Waals surface area contributed by atoms with E-state index >= 15 is 0 Å². The maximum Gasteiger partial charge on any atom is 0.417 e. The number of aromatic amines is 1. The van der Waals surface area contributed by atoms with E-state index in [4.69, 9.17) is 4.99 Å². The summed E-state index contributed by atoms with van der Waals surface area (Å²) < 4.78 is 67.7. The van der Waals surface area contributed by atoms with Gasteiger partial charge in [-0.15, -0.1) is 0 Å². The van der Waals surface area contributed by atoms with Crippen molar-refractivity contribution >= 4 is 38.9 Å². The Morgan fingerprint density at radius 1 is 1.11 bits per heavy atom. The lowest BCUT2D eigenvalue weighted by atomic mass is 9.88. The Bertz CT molecular complexity index is 1300. The Morgan fingerprint density at radius 2 is 1.83 bits per heavy atom. The van der Waals surface area contributed by atoms with Gasteiger partial charge in [0.25, 0.3) is 5.91 Å². The van der Waals surface area contributed by atoms with Gasteiger partial charge in [-0.25, -0.2) is 13.4 Å². The summed E-state index contributed by atoms with van der Waals surface area (Å²) in [4.78, 5) is 24.1. The molecule has 1 aliphatic carbocycles. The van der Waals surface area contributed by atoms with E-state index in [0.717, 1.165) is 49.1 Å². The van der Waals surface area contributed by atoms with E-state index in [2.05, 4.69) is 15.3 Å². The van der Waals surface area contributed by atoms with Crippen LogP contribution >= 0.6 is 0 Å². The Balaban J connectivity index is 1.32. The van der Waals surface area contributed by atoms with E-state index in [1.807, 2.05) is 0 Å². The minimum atomic E-state index is -4.66. The van der Waals surface area contributed by atoms with Crippen LogP contribution in [-0.4, -0.2) is 53.1 Å². The van der Waals surface area contributed by atoms with Crippen molar-refractivity contribution in [3.8, 4) is 0 Å². The normalized spacial score (nSPS) is 22.3. The summed E-state index contributed by atoms with van der Waals surface area (Å²) in [5.74, 6) is 0.776. The van der Waals surface area contributed by atoms with E-state index in [-0.39, 0.29) is 48.8 Å². The molecular formula is C23H26F3N5O3S. The molecule has 2 aliphatic heterocycles. The summed E-state index contributed by atoms with van der Waals surface area (Å²) in [6, 6.07) is 2.12. The summed E-state index contributed by atoms with van der Waals surface area (Å²) in [6.45, 7) is 0.123. The van der Waals surface area contributed by atoms with Crippen LogP contribution in [0.3, 0.4) is 0 Å². The third kappa shape index (κ3) is 4.61. The summed E-state index contributed by atoms with van der Waals surface area (Å²) in [5, 5.41) is 3.72. The zero-order valence-electron chi connectivity index (χ0n) is 18.9. The first-order chi connectivity index (χ1) is 16.6. The van der Waals surface area contributed by atoms with Gasteiger partial charge in [0.1, 0.15) is 11.4 Å². The number of nitrogens with zero attached hydrogens (tertiary/aromatic N) is 3. The molecule has 1 spiro atoms. The summed E-state index contributed by atoms with van der Waals surface area (Å²) in [5.41, 5.74) is -1.69. The second-order valence-electron chi connectivity index (χ2n) is 9.42. The Hall–Kier alpha value is -2.73. The first-order valence-corrected chi connectivity index (χ1v) is 13.2. The molecule has 2 fully saturated rings. The zero-order valence-corrected chi connectivity index (χ0v) is 19.8. The third-order valence-corrected chi connectivity index (χ3v) is 8.78. The molecule has 0 unspecified atom stereocenters. The fourth-order valence-corrected chi connectivity index (χ4v) is 6.37. The van der Waals surface area contributed by atoms with Crippen LogP contribution in [0, 0.1) is 5.92 Å². The van der Waals surface area contributed by atoms with Gasteiger partial charge < -0.3 is 10.3 Å². The average molecular weight is 510 g/mol. The van der Waals surface area contributed by atoms with Gasteiger partial charge in [-0.1, -0.05) is 19.3 Å². The highest BCUT2D eigenvalue weighted by Crippen LogP contribution is 2.36. The van der Waals surface area contributed by atoms with E-state index in [0.29, 0.717) is 5.52 Å². The molecule has 1 amide bonds. The van der Waals surface area contributed by atoms with Gasteiger partial charge in [-0.2, -0.15) is 17.5 Å². The number of amides is 1. The molecule has 0 radical (unpaired) electrons. The van der Waals surface area contributed by atoms with E-state index in [9.17, 15) is 26.4 Å². The van der Waals surface area contributed by atoms with Crippen LogP contribution in [0.15, 0.2) is 28.9 Å². The lowest BCUT2D eigenvalue weighted by Gasteiger charge is -2.34. The number of benzene rings is 1. The molecule has 1 saturated heterocycles. The number of sulfonamides is 1. The SMILES string of the molecule is O=C1NC(C2CCCCC2)=NC12CCN(S(=O)(=O)C=Cc1cc3nc[nH]c3cc1C(F)(F)F)CC2. The van der Waals surface area contributed by atoms with Gasteiger partial charge in [0, 0.05) is 24.4 Å². The van der Waals surface area contributed by atoms with E-state index in [1.54, 1.807) is 0 Å². The number of H-pyrrole nitrogens is 1. The van der Waals surface area contributed by atoms with Crippen LogP contribution in [0.4, 0.5) is 13.2 Å². The third-order valence-electron chi connectivity index (χ3n) is 7.22. The van der Waals surface area contributed by atoms with Gasteiger partial charge in [0.05, 0.1) is 22.9 Å². The Kier molecular flexibility index (Phi) is 5.99. The topological polar surface area (TPSA) is 108 Å². The molecule has 188 valence electrons. The zero-order chi connectivity index (χ0) is 24.8. The van der Waals surface area contributed by atoms with Gasteiger partial charge in [-0.3, -0.25) is 9.79 Å². The molecule has 0 bridgehead atoms. The van der Waals surface area contributed by atoms with Crippen LogP contribution in [-0.2, 0) is 21.0 Å². The van der Waals surface area contributed by atoms with Gasteiger partial charge in [-0.05, 0) is 49.5 Å². The van der Waals surface area contributed by atoms with Crippen molar-refractivity contribution in [2.24, 2.45) is 10.9 Å². The quantitative estimate of drug-likeness (QED) is 0.653. The average Bonchev–Trinajstić information content (AvgIpc) is 3.41. The highest BCUT2D eigenvalue weighted by molar-refractivity contribution is 7.92. The predicted octanol–water partition coefficient (Wildman–Crippen LogP) is 3.83. The number of nitrogens with one attached hydrogen (secondary N) is 2. The highest BCUT2D eigenvalue weighted by atomic mass is 32.2. The lowest BCUT2D eigenvalue weighted by Crippen LogP contribution is -2.50. The molecule has 0 atom stereocenters. The number of halogens is 3. The van der Waals surface area contributed by atoms with Gasteiger partial charge >= 0.3 is 6.18 Å². The predicted molar refractivity (Wildman–Crippen MR) is 125 cm³/mol. The summed E-state index contributed by atoms with van der Waals surface area (Å²) in [7, 11) is -4.00. The van der Waals surface area contributed by atoms with Crippen molar-refractivity contribution < 1.29 is 26.4 Å². The minimum Gasteiger partial charge on any atom is -0.345 e. The molecule has 12 heteroatoms. The van der Waals surface area contributed by atoms with Crippen LogP contribution in [0.2, 0.25) is 0 Å². The minimum absolute atomic E-state index is 0.0616. The molecule has 3 heterocycles. The van der Waals surface area contributed by atoms with Crippen LogP contribution < -0.4 is 5.32 Å². The molecule has 2 N–H and O–H groups in total. The number of rotatable bonds is 4. The number of fused-ring (bicyclic) bond motifs is 1. The molecular weight excluding hydrogens is 483 g/mol. The lowest BCUT2D eigenvalue weighted by molar-refractivity contribution is -0.137. The number of imidazole rings is 1. The second kappa shape index (κ2) is 8.74. The first kappa shape index (κ1) is 24.0. The van der Waals surface area contributed by atoms with Crippen LogP contribution in [0.5, 0.6) is 0 Å². The summed E-state index contributed by atoms with van der Waals surface area (Å²) >= 11 is 0. The van der Waals surface area contributed by atoms with Crippen LogP contribution in [0.25, 0.3) is 17.1 Å². The first-order valence-electron chi connectivity index (χ1n) is 11.7. The monoisotopic (exact) mass is 509 g/mol. The van der Waals surface area contributed by atoms with Crippen molar-refractivity contribution in [1.82, 2.24) is 19.6 Å². The van der Waals surface area contributed by atoms with Crippen molar-refractivity contribution in [2.45, 2.75) is 56.7 Å². The smallest absolute Gasteiger partial charge is 0.345 e. The number of carbonyl (C=O) groups excluding carboxylic acids is 1. The number of hydrogen-bond donors (Lipinski definition) is 2.